The molecule has 0 saturated carbocycles. The first-order chi connectivity index (χ1) is 11.0. The number of methoxy groups -OCH3 is 1. The third kappa shape index (κ3) is 3.30. The molecule has 1 saturated heterocycles. The van der Waals surface area contributed by atoms with Crippen molar-refractivity contribution in [3.63, 3.8) is 0 Å². The van der Waals surface area contributed by atoms with Gasteiger partial charge in [0.25, 0.3) is 0 Å². The van der Waals surface area contributed by atoms with Gasteiger partial charge in [-0.15, -0.1) is 0 Å². The summed E-state index contributed by atoms with van der Waals surface area (Å²) in [4.78, 5) is 11.7. The van der Waals surface area contributed by atoms with Crippen LogP contribution in [0.2, 0.25) is 0 Å². The van der Waals surface area contributed by atoms with Crippen LogP contribution in [0.1, 0.15) is 6.42 Å². The molecule has 0 bridgehead atoms. The first-order valence-corrected chi connectivity index (χ1v) is 8.96. The Kier molecular flexibility index (Phi) is 4.23. The molecule has 7 heteroatoms. The number of nitrogens with one attached hydrogen (secondary N) is 2. The Hall–Kier alpha value is -2.12. The normalized spacial score (nSPS) is 18.1. The molecule has 0 aliphatic carbocycles. The molecule has 1 aliphatic heterocycles. The number of rotatable bonds is 5. The highest BCUT2D eigenvalue weighted by Gasteiger charge is 2.25. The molecular weight excluding hydrogens is 316 g/mol. The van der Waals surface area contributed by atoms with Crippen LogP contribution in [0.15, 0.2) is 41.3 Å². The van der Waals surface area contributed by atoms with Gasteiger partial charge in [0.1, 0.15) is 11.6 Å². The van der Waals surface area contributed by atoms with Gasteiger partial charge >= 0.3 is 0 Å². The van der Waals surface area contributed by atoms with Crippen molar-refractivity contribution in [2.45, 2.75) is 17.4 Å². The first kappa shape index (κ1) is 15.8. The van der Waals surface area contributed by atoms with Gasteiger partial charge in [-0.2, -0.15) is 0 Å². The van der Waals surface area contributed by atoms with Crippen LogP contribution < -0.4 is 15.4 Å². The fourth-order valence-electron chi connectivity index (χ4n) is 2.61. The molecule has 0 aromatic heterocycles. The summed E-state index contributed by atoms with van der Waals surface area (Å²) in [5, 5.41) is 7.22. The maximum absolute atomic E-state index is 12.5. The second kappa shape index (κ2) is 6.17. The van der Waals surface area contributed by atoms with Crippen molar-refractivity contribution in [2.24, 2.45) is 0 Å². The first-order valence-electron chi connectivity index (χ1n) is 7.31. The van der Waals surface area contributed by atoms with Crippen LogP contribution in [-0.4, -0.2) is 39.9 Å². The van der Waals surface area contributed by atoms with E-state index in [-0.39, 0.29) is 16.7 Å². The average Bonchev–Trinajstić information content (AvgIpc) is 2.97. The summed E-state index contributed by atoms with van der Waals surface area (Å²) in [5.41, 5.74) is 0. The lowest BCUT2D eigenvalue weighted by Gasteiger charge is -2.11. The Morgan fingerprint density at radius 2 is 2.00 bits per heavy atom. The third-order valence-electron chi connectivity index (χ3n) is 3.95. The lowest BCUT2D eigenvalue weighted by Crippen LogP contribution is -2.39. The Labute approximate surface area is 134 Å². The van der Waals surface area contributed by atoms with E-state index in [1.165, 1.54) is 0 Å². The summed E-state index contributed by atoms with van der Waals surface area (Å²) in [6.07, 6.45) is 0.600. The molecule has 0 unspecified atom stereocenters. The van der Waals surface area contributed by atoms with Crippen LogP contribution in [0.5, 0.6) is 5.75 Å². The quantitative estimate of drug-likeness (QED) is 0.854. The standard InChI is InChI=1S/C16H18N2O4S/c1-22-13-4-2-11-3-5-14(9-12(11)8-13)23(20,21)10-18-15-6-7-17-16(15)19/h2-5,8-9,15,18H,6-7,10H2,1H3,(H,17,19)/t15-/m0/s1. The molecule has 1 heterocycles. The van der Waals surface area contributed by atoms with Crippen molar-refractivity contribution in [3.05, 3.63) is 36.4 Å². The molecule has 1 atom stereocenters. The van der Waals surface area contributed by atoms with Crippen LogP contribution in [0.25, 0.3) is 10.8 Å². The van der Waals surface area contributed by atoms with Crippen LogP contribution in [0, 0.1) is 0 Å². The molecule has 0 spiro atoms. The summed E-state index contributed by atoms with van der Waals surface area (Å²) < 4.78 is 30.1. The Bertz CT molecular complexity index is 848. The minimum Gasteiger partial charge on any atom is -0.497 e. The molecule has 2 N–H and O–H groups in total. The van der Waals surface area contributed by atoms with Crippen molar-refractivity contribution in [2.75, 3.05) is 19.5 Å². The highest BCUT2D eigenvalue weighted by molar-refractivity contribution is 7.91. The number of fused-ring (bicyclic) bond motifs is 1. The van der Waals surface area contributed by atoms with E-state index < -0.39 is 15.9 Å². The lowest BCUT2D eigenvalue weighted by atomic mass is 10.1. The van der Waals surface area contributed by atoms with Crippen LogP contribution in [-0.2, 0) is 14.6 Å². The summed E-state index contributed by atoms with van der Waals surface area (Å²) in [6.45, 7) is 0.576. The van der Waals surface area contributed by atoms with Crippen LogP contribution >= 0.6 is 0 Å². The van der Waals surface area contributed by atoms with E-state index in [4.69, 9.17) is 4.74 Å². The topological polar surface area (TPSA) is 84.5 Å². The largest absolute Gasteiger partial charge is 0.497 e. The van der Waals surface area contributed by atoms with Gasteiger partial charge in [0, 0.05) is 6.54 Å². The van der Waals surface area contributed by atoms with Crippen molar-refractivity contribution >= 4 is 26.5 Å². The van der Waals surface area contributed by atoms with E-state index in [0.29, 0.717) is 18.7 Å². The van der Waals surface area contributed by atoms with Crippen LogP contribution in [0.4, 0.5) is 0 Å². The zero-order valence-electron chi connectivity index (χ0n) is 12.7. The number of hydrogen-bond donors (Lipinski definition) is 2. The Morgan fingerprint density at radius 1 is 1.22 bits per heavy atom. The van der Waals surface area contributed by atoms with Gasteiger partial charge in [-0.05, 0) is 41.5 Å². The monoisotopic (exact) mass is 334 g/mol. The fourth-order valence-corrected chi connectivity index (χ4v) is 3.77. The van der Waals surface area contributed by atoms with E-state index in [0.717, 1.165) is 10.8 Å². The van der Waals surface area contributed by atoms with Gasteiger partial charge in [0.2, 0.25) is 5.91 Å². The van der Waals surface area contributed by atoms with Gasteiger partial charge in [-0.3, -0.25) is 10.1 Å². The van der Waals surface area contributed by atoms with E-state index in [1.54, 1.807) is 31.4 Å². The Morgan fingerprint density at radius 3 is 2.70 bits per heavy atom. The fraction of sp³-hybridized carbons (Fsp3) is 0.312. The lowest BCUT2D eigenvalue weighted by molar-refractivity contribution is -0.120. The second-order valence-corrected chi connectivity index (χ2v) is 7.46. The minimum atomic E-state index is -3.51. The number of carbonyl (C=O) groups is 1. The molecule has 2 aromatic carbocycles. The summed E-state index contributed by atoms with van der Waals surface area (Å²) >= 11 is 0. The average molecular weight is 334 g/mol. The highest BCUT2D eigenvalue weighted by Crippen LogP contribution is 2.24. The molecule has 0 radical (unpaired) electrons. The Balaban J connectivity index is 1.83. The molecule has 6 nitrogen and oxygen atoms in total. The number of sulfone groups is 1. The van der Waals surface area contributed by atoms with E-state index in [9.17, 15) is 13.2 Å². The number of carbonyl (C=O) groups excluding carboxylic acids is 1. The molecule has 23 heavy (non-hydrogen) atoms. The summed E-state index contributed by atoms with van der Waals surface area (Å²) in [6, 6.07) is 10.0. The minimum absolute atomic E-state index is 0.150. The van der Waals surface area contributed by atoms with Gasteiger partial charge in [0.15, 0.2) is 9.84 Å². The number of benzene rings is 2. The highest BCUT2D eigenvalue weighted by atomic mass is 32.2. The molecule has 1 fully saturated rings. The second-order valence-electron chi connectivity index (χ2n) is 5.47. The van der Waals surface area contributed by atoms with E-state index in [2.05, 4.69) is 10.6 Å². The van der Waals surface area contributed by atoms with Crippen molar-refractivity contribution in [3.8, 4) is 5.75 Å². The predicted molar refractivity (Wildman–Crippen MR) is 87.1 cm³/mol. The van der Waals surface area contributed by atoms with E-state index in [1.807, 2.05) is 12.1 Å². The van der Waals surface area contributed by atoms with Gasteiger partial charge in [-0.1, -0.05) is 12.1 Å². The number of ether oxygens (including phenoxy) is 1. The summed E-state index contributed by atoms with van der Waals surface area (Å²) in [5.74, 6) is 0.261. The van der Waals surface area contributed by atoms with Crippen molar-refractivity contribution < 1.29 is 17.9 Å². The number of hydrogen-bond acceptors (Lipinski definition) is 5. The molecule has 3 rings (SSSR count). The van der Waals surface area contributed by atoms with Gasteiger partial charge in [0.05, 0.1) is 18.0 Å². The predicted octanol–water partition coefficient (Wildman–Crippen LogP) is 1.06. The molecule has 2 aromatic rings. The third-order valence-corrected chi connectivity index (χ3v) is 5.47. The smallest absolute Gasteiger partial charge is 0.237 e. The van der Waals surface area contributed by atoms with Gasteiger partial charge in [-0.25, -0.2) is 8.42 Å². The molecule has 122 valence electrons. The molecular formula is C16H18N2O4S. The van der Waals surface area contributed by atoms with Crippen molar-refractivity contribution in [1.29, 1.82) is 0 Å². The number of amides is 1. The van der Waals surface area contributed by atoms with Crippen LogP contribution in [0.3, 0.4) is 0 Å². The van der Waals surface area contributed by atoms with Gasteiger partial charge < -0.3 is 10.1 Å². The maximum atomic E-state index is 12.5. The van der Waals surface area contributed by atoms with E-state index >= 15 is 0 Å². The molecule has 1 amide bonds. The molecule has 1 aliphatic rings. The summed E-state index contributed by atoms with van der Waals surface area (Å²) in [7, 11) is -1.95. The SMILES string of the molecule is COc1ccc2ccc(S(=O)(=O)CN[C@H]3CCNC3=O)cc2c1. The van der Waals surface area contributed by atoms with Crippen molar-refractivity contribution in [1.82, 2.24) is 10.6 Å². The zero-order valence-corrected chi connectivity index (χ0v) is 13.5. The maximum Gasteiger partial charge on any atom is 0.237 e. The zero-order chi connectivity index (χ0) is 16.4.